The van der Waals surface area contributed by atoms with Crippen LogP contribution in [0.25, 0.3) is 0 Å². The Hall–Kier alpha value is -2.77. The first kappa shape index (κ1) is 20.5. The SMILES string of the molecule is CC(C)(C)OC(=O)N1CCC2(CC1)Cc1cc(NC3CCC(=O)NC3=O)ccc1O2. The molecule has 0 aliphatic carbocycles. The van der Waals surface area contributed by atoms with Gasteiger partial charge in [0.15, 0.2) is 0 Å². The molecule has 1 unspecified atom stereocenters. The summed E-state index contributed by atoms with van der Waals surface area (Å²) in [7, 11) is 0. The van der Waals surface area contributed by atoms with E-state index in [1.807, 2.05) is 39.0 Å². The molecule has 3 aliphatic heterocycles. The highest BCUT2D eigenvalue weighted by atomic mass is 16.6. The first-order valence-corrected chi connectivity index (χ1v) is 10.5. The molecule has 8 nitrogen and oxygen atoms in total. The van der Waals surface area contributed by atoms with Crippen LogP contribution in [0.2, 0.25) is 0 Å². The lowest BCUT2D eigenvalue weighted by Crippen LogP contribution is -2.50. The van der Waals surface area contributed by atoms with E-state index in [1.54, 1.807) is 4.90 Å². The maximum atomic E-state index is 12.3. The number of piperidine rings is 2. The van der Waals surface area contributed by atoms with Gasteiger partial charge in [-0.15, -0.1) is 0 Å². The van der Waals surface area contributed by atoms with E-state index in [-0.39, 0.29) is 23.5 Å². The molecular weight excluding hydrogens is 386 g/mol. The third-order valence-corrected chi connectivity index (χ3v) is 5.81. The van der Waals surface area contributed by atoms with Crippen LogP contribution in [0.15, 0.2) is 18.2 Å². The molecule has 0 saturated carbocycles. The van der Waals surface area contributed by atoms with Crippen molar-refractivity contribution in [3.8, 4) is 5.75 Å². The van der Waals surface area contributed by atoms with Crippen molar-refractivity contribution in [2.45, 2.75) is 70.1 Å². The lowest BCUT2D eigenvalue weighted by Gasteiger charge is -2.39. The molecule has 3 amide bonds. The smallest absolute Gasteiger partial charge is 0.410 e. The number of benzene rings is 1. The van der Waals surface area contributed by atoms with Crippen LogP contribution in [-0.2, 0) is 20.7 Å². The first-order valence-electron chi connectivity index (χ1n) is 10.5. The molecule has 1 atom stereocenters. The van der Waals surface area contributed by atoms with Gasteiger partial charge >= 0.3 is 6.09 Å². The number of anilines is 1. The van der Waals surface area contributed by atoms with Crippen molar-refractivity contribution in [2.75, 3.05) is 18.4 Å². The molecule has 8 heteroatoms. The minimum Gasteiger partial charge on any atom is -0.487 e. The summed E-state index contributed by atoms with van der Waals surface area (Å²) < 4.78 is 11.8. The normalized spacial score (nSPS) is 22.9. The Morgan fingerprint density at radius 1 is 1.27 bits per heavy atom. The van der Waals surface area contributed by atoms with Crippen molar-refractivity contribution in [3.05, 3.63) is 23.8 Å². The van der Waals surface area contributed by atoms with E-state index in [9.17, 15) is 14.4 Å². The summed E-state index contributed by atoms with van der Waals surface area (Å²) >= 11 is 0. The first-order chi connectivity index (χ1) is 14.1. The quantitative estimate of drug-likeness (QED) is 0.721. The van der Waals surface area contributed by atoms with Gasteiger partial charge in [0.2, 0.25) is 11.8 Å². The van der Waals surface area contributed by atoms with Gasteiger partial charge < -0.3 is 19.7 Å². The summed E-state index contributed by atoms with van der Waals surface area (Å²) in [5, 5.41) is 5.59. The third kappa shape index (κ3) is 4.37. The van der Waals surface area contributed by atoms with E-state index in [4.69, 9.17) is 9.47 Å². The van der Waals surface area contributed by atoms with Gasteiger partial charge in [0, 0.05) is 50.0 Å². The number of fused-ring (bicyclic) bond motifs is 1. The van der Waals surface area contributed by atoms with Gasteiger partial charge in [0.25, 0.3) is 0 Å². The van der Waals surface area contributed by atoms with Gasteiger partial charge in [-0.25, -0.2) is 4.79 Å². The van der Waals surface area contributed by atoms with Crippen LogP contribution in [0.3, 0.4) is 0 Å². The number of hydrogen-bond acceptors (Lipinski definition) is 6. The predicted molar refractivity (Wildman–Crippen MR) is 110 cm³/mol. The number of likely N-dealkylation sites (tertiary alicyclic amines) is 1. The fraction of sp³-hybridized carbons (Fsp3) is 0.591. The second-order valence-electron chi connectivity index (χ2n) is 9.40. The van der Waals surface area contributed by atoms with Gasteiger partial charge in [-0.2, -0.15) is 0 Å². The molecule has 0 radical (unpaired) electrons. The monoisotopic (exact) mass is 415 g/mol. The van der Waals surface area contributed by atoms with Crippen LogP contribution < -0.4 is 15.4 Å². The summed E-state index contributed by atoms with van der Waals surface area (Å²) in [5.74, 6) is 0.351. The van der Waals surface area contributed by atoms with Crippen molar-refractivity contribution in [1.29, 1.82) is 0 Å². The van der Waals surface area contributed by atoms with Crippen LogP contribution in [0.5, 0.6) is 5.75 Å². The topological polar surface area (TPSA) is 97.0 Å². The van der Waals surface area contributed by atoms with Crippen LogP contribution in [0.4, 0.5) is 10.5 Å². The minimum absolute atomic E-state index is 0.222. The van der Waals surface area contributed by atoms with Crippen molar-refractivity contribution < 1.29 is 23.9 Å². The standard InChI is InChI=1S/C22H29N3O5/c1-21(2,3)30-20(28)25-10-8-22(9-11-25)13-14-12-15(4-6-17(14)29-22)23-16-5-7-18(26)24-19(16)27/h4,6,12,16,23H,5,7-11,13H2,1-3H3,(H,24,26,27). The van der Waals surface area contributed by atoms with E-state index in [1.165, 1.54) is 0 Å². The van der Waals surface area contributed by atoms with Crippen LogP contribution in [0.1, 0.15) is 52.0 Å². The summed E-state index contributed by atoms with van der Waals surface area (Å²) in [6.07, 6.45) is 2.82. The van der Waals surface area contributed by atoms with Gasteiger partial charge in [-0.1, -0.05) is 0 Å². The number of amides is 3. The lowest BCUT2D eigenvalue weighted by molar-refractivity contribution is -0.133. The highest BCUT2D eigenvalue weighted by molar-refractivity contribution is 6.01. The molecule has 0 aromatic heterocycles. The van der Waals surface area contributed by atoms with Gasteiger partial charge in [-0.3, -0.25) is 14.9 Å². The van der Waals surface area contributed by atoms with Gasteiger partial charge in [-0.05, 0) is 45.4 Å². The average Bonchev–Trinajstić information content (AvgIpc) is 3.00. The molecule has 1 aromatic carbocycles. The summed E-state index contributed by atoms with van der Waals surface area (Å²) in [5.41, 5.74) is 1.14. The zero-order valence-electron chi connectivity index (χ0n) is 17.7. The molecular formula is C22H29N3O5. The molecule has 30 heavy (non-hydrogen) atoms. The van der Waals surface area contributed by atoms with E-state index >= 15 is 0 Å². The Morgan fingerprint density at radius 3 is 2.67 bits per heavy atom. The van der Waals surface area contributed by atoms with Crippen molar-refractivity contribution >= 4 is 23.6 Å². The second-order valence-corrected chi connectivity index (χ2v) is 9.40. The van der Waals surface area contributed by atoms with Crippen LogP contribution in [0, 0.1) is 0 Å². The van der Waals surface area contributed by atoms with Gasteiger partial charge in [0.1, 0.15) is 23.0 Å². The highest BCUT2D eigenvalue weighted by Crippen LogP contribution is 2.42. The summed E-state index contributed by atoms with van der Waals surface area (Å²) in [6.45, 7) is 6.81. The Morgan fingerprint density at radius 2 is 2.00 bits per heavy atom. The molecule has 1 spiro atoms. The number of rotatable bonds is 2. The molecule has 2 N–H and O–H groups in total. The van der Waals surface area contributed by atoms with Crippen molar-refractivity contribution in [3.63, 3.8) is 0 Å². The van der Waals surface area contributed by atoms with E-state index in [2.05, 4.69) is 10.6 Å². The van der Waals surface area contributed by atoms with E-state index < -0.39 is 11.6 Å². The molecule has 3 aliphatic rings. The largest absolute Gasteiger partial charge is 0.487 e. The zero-order valence-corrected chi connectivity index (χ0v) is 17.7. The highest BCUT2D eigenvalue weighted by Gasteiger charge is 2.43. The van der Waals surface area contributed by atoms with E-state index in [0.29, 0.717) is 25.9 Å². The number of carbonyl (C=O) groups is 3. The maximum Gasteiger partial charge on any atom is 0.410 e. The number of imide groups is 1. The Kier molecular flexibility index (Phi) is 5.11. The Balaban J connectivity index is 1.37. The molecule has 3 heterocycles. The van der Waals surface area contributed by atoms with Crippen molar-refractivity contribution in [1.82, 2.24) is 10.2 Å². The fourth-order valence-electron chi connectivity index (χ4n) is 4.26. The van der Waals surface area contributed by atoms with E-state index in [0.717, 1.165) is 36.3 Å². The second kappa shape index (κ2) is 7.49. The number of carbonyl (C=O) groups excluding carboxylic acids is 3. The molecule has 162 valence electrons. The molecule has 2 fully saturated rings. The fourth-order valence-corrected chi connectivity index (χ4v) is 4.26. The van der Waals surface area contributed by atoms with Crippen molar-refractivity contribution in [2.24, 2.45) is 0 Å². The Labute approximate surface area is 176 Å². The molecule has 2 saturated heterocycles. The summed E-state index contributed by atoms with van der Waals surface area (Å²) in [4.78, 5) is 37.4. The lowest BCUT2D eigenvalue weighted by atomic mass is 9.87. The third-order valence-electron chi connectivity index (χ3n) is 5.81. The zero-order chi connectivity index (χ0) is 21.5. The average molecular weight is 415 g/mol. The summed E-state index contributed by atoms with van der Waals surface area (Å²) in [6, 6.07) is 5.44. The number of ether oxygens (including phenoxy) is 2. The molecule has 1 aromatic rings. The molecule has 4 rings (SSSR count). The number of nitrogens with one attached hydrogen (secondary N) is 2. The number of hydrogen-bond donors (Lipinski definition) is 2. The minimum atomic E-state index is -0.502. The Bertz CT molecular complexity index is 868. The number of nitrogens with zero attached hydrogens (tertiary/aromatic N) is 1. The van der Waals surface area contributed by atoms with Gasteiger partial charge in [0.05, 0.1) is 0 Å². The van der Waals surface area contributed by atoms with Crippen LogP contribution in [-0.4, -0.2) is 53.1 Å². The predicted octanol–water partition coefficient (Wildman–Crippen LogP) is 2.61. The molecule has 0 bridgehead atoms. The van der Waals surface area contributed by atoms with Crippen LogP contribution >= 0.6 is 0 Å². The maximum absolute atomic E-state index is 12.3.